The fraction of sp³-hybridized carbons (Fsp3) is 0.933. The highest BCUT2D eigenvalue weighted by Gasteiger charge is 2.46. The molecule has 0 unspecified atom stereocenters. The molecule has 0 bridgehead atoms. The maximum atomic E-state index is 11.9. The number of nitrogens with two attached hydrogens (primary N) is 1. The minimum Gasteiger partial charge on any atom is -0.368 e. The van der Waals surface area contributed by atoms with E-state index in [1.807, 2.05) is 0 Å². The van der Waals surface area contributed by atoms with E-state index in [2.05, 4.69) is 19.2 Å². The molecule has 2 fully saturated rings. The summed E-state index contributed by atoms with van der Waals surface area (Å²) in [7, 11) is 0. The topological polar surface area (TPSA) is 55.1 Å². The van der Waals surface area contributed by atoms with Crippen LogP contribution < -0.4 is 11.1 Å². The van der Waals surface area contributed by atoms with Gasteiger partial charge in [0, 0.05) is 0 Å². The van der Waals surface area contributed by atoms with Crippen molar-refractivity contribution in [3.05, 3.63) is 0 Å². The van der Waals surface area contributed by atoms with Gasteiger partial charge in [0.2, 0.25) is 5.91 Å². The summed E-state index contributed by atoms with van der Waals surface area (Å²) in [5, 5.41) is 3.47. The zero-order valence-corrected chi connectivity index (χ0v) is 11.9. The van der Waals surface area contributed by atoms with Gasteiger partial charge in [-0.05, 0) is 56.4 Å². The molecule has 0 aromatic carbocycles. The van der Waals surface area contributed by atoms with E-state index in [-0.39, 0.29) is 5.91 Å². The Morgan fingerprint density at radius 3 is 2.11 bits per heavy atom. The van der Waals surface area contributed by atoms with E-state index in [4.69, 9.17) is 5.73 Å². The summed E-state index contributed by atoms with van der Waals surface area (Å²) in [5.41, 5.74) is 5.81. The van der Waals surface area contributed by atoms with Gasteiger partial charge in [0.15, 0.2) is 0 Å². The monoisotopic (exact) mass is 252 g/mol. The summed E-state index contributed by atoms with van der Waals surface area (Å²) < 4.78 is 0. The lowest BCUT2D eigenvalue weighted by molar-refractivity contribution is -0.127. The Kier molecular flexibility index (Phi) is 4.00. The van der Waals surface area contributed by atoms with E-state index < -0.39 is 5.54 Å². The van der Waals surface area contributed by atoms with E-state index in [0.717, 1.165) is 19.4 Å². The first-order valence-corrected chi connectivity index (χ1v) is 7.53. The molecule has 2 aliphatic rings. The number of amides is 1. The molecule has 0 radical (unpaired) electrons. The Balaban J connectivity index is 1.99. The molecule has 3 heteroatoms. The lowest BCUT2D eigenvalue weighted by atomic mass is 9.66. The Hall–Kier alpha value is -0.570. The molecule has 1 amide bonds. The molecular weight excluding hydrogens is 224 g/mol. The fourth-order valence-electron chi connectivity index (χ4n) is 3.74. The number of nitrogens with one attached hydrogen (secondary N) is 1. The summed E-state index contributed by atoms with van der Waals surface area (Å²) >= 11 is 0. The Morgan fingerprint density at radius 2 is 1.67 bits per heavy atom. The predicted octanol–water partition coefficient (Wildman–Crippen LogP) is 2.59. The van der Waals surface area contributed by atoms with Crippen LogP contribution in [0.4, 0.5) is 0 Å². The zero-order chi connectivity index (χ0) is 13.2. The molecule has 0 aliphatic heterocycles. The quantitative estimate of drug-likeness (QED) is 0.808. The van der Waals surface area contributed by atoms with Gasteiger partial charge in [-0.1, -0.05) is 26.7 Å². The first-order chi connectivity index (χ1) is 8.48. The van der Waals surface area contributed by atoms with Crippen molar-refractivity contribution in [1.82, 2.24) is 5.32 Å². The van der Waals surface area contributed by atoms with Crippen molar-refractivity contribution in [3.8, 4) is 0 Å². The largest absolute Gasteiger partial charge is 0.368 e. The van der Waals surface area contributed by atoms with Crippen molar-refractivity contribution in [2.75, 3.05) is 6.54 Å². The number of hydrogen-bond donors (Lipinski definition) is 2. The standard InChI is InChI=1S/C15H28N2O/c1-12(2)11-17-15(13(16)18)9-7-14(8-10-15)5-3-4-6-14/h12,17H,3-11H2,1-2H3,(H2,16,18). The van der Waals surface area contributed by atoms with Gasteiger partial charge in [0.05, 0.1) is 5.54 Å². The van der Waals surface area contributed by atoms with Gasteiger partial charge < -0.3 is 11.1 Å². The molecule has 0 aromatic heterocycles. The summed E-state index contributed by atoms with van der Waals surface area (Å²) in [5.74, 6) is 0.416. The van der Waals surface area contributed by atoms with Gasteiger partial charge in [-0.2, -0.15) is 0 Å². The molecule has 1 spiro atoms. The van der Waals surface area contributed by atoms with Crippen LogP contribution in [-0.2, 0) is 4.79 Å². The van der Waals surface area contributed by atoms with Crippen LogP contribution in [-0.4, -0.2) is 18.0 Å². The van der Waals surface area contributed by atoms with Crippen molar-refractivity contribution < 1.29 is 4.79 Å². The van der Waals surface area contributed by atoms with E-state index in [1.54, 1.807) is 0 Å². The summed E-state index contributed by atoms with van der Waals surface area (Å²) in [6.45, 7) is 5.22. The number of primary amides is 1. The summed E-state index contributed by atoms with van der Waals surface area (Å²) in [6, 6.07) is 0. The molecule has 0 atom stereocenters. The maximum absolute atomic E-state index is 11.9. The molecule has 0 heterocycles. The lowest BCUT2D eigenvalue weighted by Crippen LogP contribution is -2.59. The minimum absolute atomic E-state index is 0.143. The number of hydrogen-bond acceptors (Lipinski definition) is 2. The number of carbonyl (C=O) groups excluding carboxylic acids is 1. The molecule has 0 saturated heterocycles. The first-order valence-electron chi connectivity index (χ1n) is 7.53. The van der Waals surface area contributed by atoms with Crippen molar-refractivity contribution >= 4 is 5.91 Å². The average Bonchev–Trinajstić information content (AvgIpc) is 2.77. The van der Waals surface area contributed by atoms with Crippen LogP contribution >= 0.6 is 0 Å². The molecule has 0 aromatic rings. The third-order valence-corrected chi connectivity index (χ3v) is 5.15. The van der Waals surface area contributed by atoms with Gasteiger partial charge in [0.25, 0.3) is 0 Å². The highest BCUT2D eigenvalue weighted by atomic mass is 16.1. The number of rotatable bonds is 4. The Morgan fingerprint density at radius 1 is 1.11 bits per heavy atom. The Labute approximate surface area is 111 Å². The molecule has 104 valence electrons. The van der Waals surface area contributed by atoms with Crippen LogP contribution in [0.1, 0.15) is 65.2 Å². The zero-order valence-electron chi connectivity index (χ0n) is 11.9. The van der Waals surface area contributed by atoms with Crippen LogP contribution in [0.2, 0.25) is 0 Å². The van der Waals surface area contributed by atoms with Gasteiger partial charge >= 0.3 is 0 Å². The van der Waals surface area contributed by atoms with Crippen LogP contribution in [0.5, 0.6) is 0 Å². The molecule has 2 saturated carbocycles. The van der Waals surface area contributed by atoms with E-state index >= 15 is 0 Å². The molecular formula is C15H28N2O. The first kappa shape index (κ1) is 13.9. The maximum Gasteiger partial charge on any atom is 0.237 e. The smallest absolute Gasteiger partial charge is 0.237 e. The summed E-state index contributed by atoms with van der Waals surface area (Å²) in [6.07, 6.45) is 9.73. The van der Waals surface area contributed by atoms with Crippen LogP contribution in [0.25, 0.3) is 0 Å². The van der Waals surface area contributed by atoms with Crippen LogP contribution in [0, 0.1) is 11.3 Å². The van der Waals surface area contributed by atoms with Crippen molar-refractivity contribution in [3.63, 3.8) is 0 Å². The number of carbonyl (C=O) groups is 1. The highest BCUT2D eigenvalue weighted by Crippen LogP contribution is 2.51. The summed E-state index contributed by atoms with van der Waals surface area (Å²) in [4.78, 5) is 11.9. The SMILES string of the molecule is CC(C)CNC1(C(N)=O)CCC2(CCCC2)CC1. The van der Waals surface area contributed by atoms with E-state index in [1.165, 1.54) is 38.5 Å². The average molecular weight is 252 g/mol. The second-order valence-electron chi connectivity index (χ2n) is 6.93. The molecule has 18 heavy (non-hydrogen) atoms. The molecule has 2 aliphatic carbocycles. The minimum atomic E-state index is -0.419. The highest BCUT2D eigenvalue weighted by molar-refractivity contribution is 5.84. The second-order valence-corrected chi connectivity index (χ2v) is 6.93. The van der Waals surface area contributed by atoms with Crippen LogP contribution in [0.3, 0.4) is 0 Å². The van der Waals surface area contributed by atoms with E-state index in [9.17, 15) is 4.79 Å². The lowest BCUT2D eigenvalue weighted by Gasteiger charge is -2.44. The van der Waals surface area contributed by atoms with Gasteiger partial charge in [0.1, 0.15) is 0 Å². The van der Waals surface area contributed by atoms with Gasteiger partial charge in [-0.25, -0.2) is 0 Å². The van der Waals surface area contributed by atoms with E-state index in [0.29, 0.717) is 11.3 Å². The van der Waals surface area contributed by atoms with Gasteiger partial charge in [-0.3, -0.25) is 4.79 Å². The van der Waals surface area contributed by atoms with Crippen molar-refractivity contribution in [2.45, 2.75) is 70.8 Å². The molecule has 2 rings (SSSR count). The van der Waals surface area contributed by atoms with Crippen molar-refractivity contribution in [2.24, 2.45) is 17.1 Å². The normalized spacial score (nSPS) is 25.7. The molecule has 3 N–H and O–H groups in total. The van der Waals surface area contributed by atoms with Crippen molar-refractivity contribution in [1.29, 1.82) is 0 Å². The Bertz CT molecular complexity index is 296. The van der Waals surface area contributed by atoms with Gasteiger partial charge in [-0.15, -0.1) is 0 Å². The molecule has 3 nitrogen and oxygen atoms in total. The fourth-order valence-corrected chi connectivity index (χ4v) is 3.74. The third-order valence-electron chi connectivity index (χ3n) is 5.15. The predicted molar refractivity (Wildman–Crippen MR) is 74.1 cm³/mol. The third kappa shape index (κ3) is 2.71. The second kappa shape index (κ2) is 5.20. The van der Waals surface area contributed by atoms with Crippen LogP contribution in [0.15, 0.2) is 0 Å².